The number of aromatic nitrogens is 1. The Bertz CT molecular complexity index is 805. The molecule has 1 aromatic carbocycles. The van der Waals surface area contributed by atoms with Crippen molar-refractivity contribution >= 4 is 11.7 Å². The Kier molecular flexibility index (Phi) is 4.79. The van der Waals surface area contributed by atoms with Crippen molar-refractivity contribution in [3.63, 3.8) is 0 Å². The van der Waals surface area contributed by atoms with Crippen LogP contribution in [-0.2, 0) is 12.6 Å². The summed E-state index contributed by atoms with van der Waals surface area (Å²) in [5, 5.41) is 5.97. The van der Waals surface area contributed by atoms with Crippen LogP contribution in [0.2, 0.25) is 0 Å². The van der Waals surface area contributed by atoms with Gasteiger partial charge >= 0.3 is 6.03 Å². The minimum absolute atomic E-state index is 0.114. The van der Waals surface area contributed by atoms with Crippen molar-refractivity contribution in [1.29, 1.82) is 0 Å². The molecule has 3 rings (SSSR count). The first-order chi connectivity index (χ1) is 12.0. The second-order valence-corrected chi connectivity index (χ2v) is 6.46. The number of pyridine rings is 1. The van der Waals surface area contributed by atoms with Crippen LogP contribution in [0, 0.1) is 0 Å². The fraction of sp³-hybridized carbons (Fsp3) is 0.368. The van der Waals surface area contributed by atoms with Gasteiger partial charge in [0.2, 0.25) is 5.56 Å². The Balaban J connectivity index is 1.77. The molecule has 1 heterocycles. The Hall–Kier alpha value is -2.76. The molecule has 6 nitrogen and oxygen atoms in total. The van der Waals surface area contributed by atoms with Crippen LogP contribution in [0.15, 0.2) is 47.4 Å². The highest BCUT2D eigenvalue weighted by molar-refractivity contribution is 5.89. The van der Waals surface area contributed by atoms with E-state index in [4.69, 9.17) is 4.74 Å². The van der Waals surface area contributed by atoms with Gasteiger partial charge in [0.1, 0.15) is 5.75 Å². The van der Waals surface area contributed by atoms with E-state index in [0.29, 0.717) is 5.69 Å². The zero-order valence-corrected chi connectivity index (χ0v) is 14.5. The molecule has 2 amide bonds. The number of anilines is 1. The van der Waals surface area contributed by atoms with E-state index in [2.05, 4.69) is 10.6 Å². The number of carbonyl (C=O) groups excluding carboxylic acids is 1. The van der Waals surface area contributed by atoms with Crippen molar-refractivity contribution < 1.29 is 9.53 Å². The number of aryl methyl sites for hydroxylation is 1. The molecule has 0 bridgehead atoms. The number of amides is 2. The van der Waals surface area contributed by atoms with Gasteiger partial charge in [-0.05, 0) is 36.6 Å². The van der Waals surface area contributed by atoms with Crippen LogP contribution in [0.4, 0.5) is 10.5 Å². The van der Waals surface area contributed by atoms with Crippen LogP contribution in [0.5, 0.6) is 5.75 Å². The van der Waals surface area contributed by atoms with Crippen molar-refractivity contribution in [2.24, 2.45) is 7.05 Å². The Morgan fingerprint density at radius 1 is 1.12 bits per heavy atom. The standard InChI is InChI=1S/C19H23N3O3/c1-22-13-15(7-10-17(22)23)20-18(24)21-19(11-3-4-12-19)14-5-8-16(25-2)9-6-14/h5-10,13H,3-4,11-12H2,1-2H3,(H2,20,21,24). The number of ether oxygens (including phenoxy) is 1. The summed E-state index contributed by atoms with van der Waals surface area (Å²) in [4.78, 5) is 24.0. The lowest BCUT2D eigenvalue weighted by molar-refractivity contribution is 0.236. The molecule has 2 N–H and O–H groups in total. The fourth-order valence-electron chi connectivity index (χ4n) is 3.42. The van der Waals surface area contributed by atoms with E-state index in [1.54, 1.807) is 26.4 Å². The number of methoxy groups -OCH3 is 1. The van der Waals surface area contributed by atoms with Gasteiger partial charge < -0.3 is 19.9 Å². The number of nitrogens with zero attached hydrogens (tertiary/aromatic N) is 1. The van der Waals surface area contributed by atoms with Gasteiger partial charge in [-0.3, -0.25) is 4.79 Å². The Morgan fingerprint density at radius 2 is 1.80 bits per heavy atom. The summed E-state index contributed by atoms with van der Waals surface area (Å²) < 4.78 is 6.65. The van der Waals surface area contributed by atoms with Gasteiger partial charge in [-0.1, -0.05) is 25.0 Å². The molecule has 1 aromatic heterocycles. The second-order valence-electron chi connectivity index (χ2n) is 6.46. The maximum atomic E-state index is 12.5. The van der Waals surface area contributed by atoms with Crippen LogP contribution >= 0.6 is 0 Å². The van der Waals surface area contributed by atoms with E-state index >= 15 is 0 Å². The SMILES string of the molecule is COc1ccc(C2(NC(=O)Nc3ccc(=O)n(C)c3)CCCC2)cc1. The number of urea groups is 1. The topological polar surface area (TPSA) is 72.4 Å². The third-order valence-electron chi connectivity index (χ3n) is 4.80. The number of benzene rings is 1. The lowest BCUT2D eigenvalue weighted by Crippen LogP contribution is -2.45. The molecular weight excluding hydrogens is 318 g/mol. The highest BCUT2D eigenvalue weighted by atomic mass is 16.5. The molecule has 1 aliphatic carbocycles. The summed E-state index contributed by atoms with van der Waals surface area (Å²) in [6.45, 7) is 0. The number of hydrogen-bond donors (Lipinski definition) is 2. The smallest absolute Gasteiger partial charge is 0.319 e. The summed E-state index contributed by atoms with van der Waals surface area (Å²) in [6, 6.07) is 10.6. The molecule has 25 heavy (non-hydrogen) atoms. The van der Waals surface area contributed by atoms with Crippen molar-refractivity contribution in [3.8, 4) is 5.75 Å². The minimum Gasteiger partial charge on any atom is -0.497 e. The van der Waals surface area contributed by atoms with Crippen LogP contribution in [0.3, 0.4) is 0 Å². The molecule has 6 heteroatoms. The lowest BCUT2D eigenvalue weighted by Gasteiger charge is -2.31. The van der Waals surface area contributed by atoms with E-state index in [9.17, 15) is 9.59 Å². The summed E-state index contributed by atoms with van der Waals surface area (Å²) in [6.07, 6.45) is 5.56. The van der Waals surface area contributed by atoms with E-state index in [1.807, 2.05) is 24.3 Å². The average molecular weight is 341 g/mol. The monoisotopic (exact) mass is 341 g/mol. The molecule has 0 spiro atoms. The fourth-order valence-corrected chi connectivity index (χ4v) is 3.42. The first-order valence-electron chi connectivity index (χ1n) is 8.43. The van der Waals surface area contributed by atoms with Gasteiger partial charge in [-0.2, -0.15) is 0 Å². The first kappa shape index (κ1) is 17.1. The van der Waals surface area contributed by atoms with Gasteiger partial charge in [0.15, 0.2) is 0 Å². The van der Waals surface area contributed by atoms with E-state index in [-0.39, 0.29) is 17.1 Å². The second kappa shape index (κ2) is 7.01. The van der Waals surface area contributed by atoms with Gasteiger partial charge in [-0.15, -0.1) is 0 Å². The van der Waals surface area contributed by atoms with Gasteiger partial charge in [-0.25, -0.2) is 4.79 Å². The molecule has 0 atom stereocenters. The maximum Gasteiger partial charge on any atom is 0.319 e. The highest BCUT2D eigenvalue weighted by Gasteiger charge is 2.37. The molecule has 0 unspecified atom stereocenters. The van der Waals surface area contributed by atoms with Gasteiger partial charge in [0.05, 0.1) is 18.3 Å². The van der Waals surface area contributed by atoms with Crippen LogP contribution in [0.25, 0.3) is 0 Å². The molecule has 1 aliphatic rings. The van der Waals surface area contributed by atoms with Gasteiger partial charge in [0, 0.05) is 19.3 Å². The molecule has 0 aliphatic heterocycles. The van der Waals surface area contributed by atoms with Crippen molar-refractivity contribution in [3.05, 3.63) is 58.5 Å². The summed E-state index contributed by atoms with van der Waals surface area (Å²) in [5.74, 6) is 0.798. The summed E-state index contributed by atoms with van der Waals surface area (Å²) >= 11 is 0. The first-order valence-corrected chi connectivity index (χ1v) is 8.43. The molecule has 1 fully saturated rings. The largest absolute Gasteiger partial charge is 0.497 e. The number of rotatable bonds is 4. The molecule has 0 saturated heterocycles. The zero-order valence-electron chi connectivity index (χ0n) is 14.5. The number of carbonyl (C=O) groups is 1. The molecule has 0 radical (unpaired) electrons. The van der Waals surface area contributed by atoms with Crippen LogP contribution in [0.1, 0.15) is 31.2 Å². The van der Waals surface area contributed by atoms with Crippen molar-refractivity contribution in [2.45, 2.75) is 31.2 Å². The van der Waals surface area contributed by atoms with E-state index < -0.39 is 0 Å². The Labute approximate surface area is 146 Å². The zero-order chi connectivity index (χ0) is 17.9. The van der Waals surface area contributed by atoms with Crippen LogP contribution < -0.4 is 20.9 Å². The van der Waals surface area contributed by atoms with E-state index in [1.165, 1.54) is 10.6 Å². The minimum atomic E-state index is -0.364. The lowest BCUT2D eigenvalue weighted by atomic mass is 9.88. The molecule has 132 valence electrons. The molecule has 1 saturated carbocycles. The van der Waals surface area contributed by atoms with Gasteiger partial charge in [0.25, 0.3) is 0 Å². The average Bonchev–Trinajstić information content (AvgIpc) is 3.08. The van der Waals surface area contributed by atoms with Crippen LogP contribution in [-0.4, -0.2) is 17.7 Å². The predicted molar refractivity (Wildman–Crippen MR) is 97.0 cm³/mol. The normalized spacial score (nSPS) is 15.6. The Morgan fingerprint density at radius 3 is 2.40 bits per heavy atom. The molecule has 2 aromatic rings. The third-order valence-corrected chi connectivity index (χ3v) is 4.80. The molecular formula is C19H23N3O3. The summed E-state index contributed by atoms with van der Waals surface area (Å²) in [7, 11) is 3.29. The predicted octanol–water partition coefficient (Wildman–Crippen LogP) is 2.98. The maximum absolute atomic E-state index is 12.5. The van der Waals surface area contributed by atoms with E-state index in [0.717, 1.165) is 37.0 Å². The number of hydrogen-bond acceptors (Lipinski definition) is 3. The van der Waals surface area contributed by atoms with Crippen molar-refractivity contribution in [2.75, 3.05) is 12.4 Å². The summed E-state index contributed by atoms with van der Waals surface area (Å²) in [5.41, 5.74) is 1.19. The van der Waals surface area contributed by atoms with Crippen molar-refractivity contribution in [1.82, 2.24) is 9.88 Å². The number of nitrogens with one attached hydrogen (secondary N) is 2. The quantitative estimate of drug-likeness (QED) is 0.898. The third kappa shape index (κ3) is 3.68. The highest BCUT2D eigenvalue weighted by Crippen LogP contribution is 2.39.